The van der Waals surface area contributed by atoms with Crippen LogP contribution >= 0.6 is 23.1 Å². The lowest BCUT2D eigenvalue weighted by Gasteiger charge is -2.35. The van der Waals surface area contributed by atoms with Crippen LogP contribution in [0.5, 0.6) is 0 Å². The van der Waals surface area contributed by atoms with Gasteiger partial charge in [0.1, 0.15) is 5.00 Å². The molecule has 1 atom stereocenters. The Balaban J connectivity index is 1.35. The number of ether oxygens (including phenoxy) is 1. The number of hydrogen-bond acceptors (Lipinski definition) is 7. The van der Waals surface area contributed by atoms with Crippen LogP contribution in [-0.2, 0) is 4.74 Å². The average molecular weight is 430 g/mol. The van der Waals surface area contributed by atoms with Crippen molar-refractivity contribution in [3.05, 3.63) is 40.7 Å². The third-order valence-corrected chi connectivity index (χ3v) is 7.08. The fraction of sp³-hybridized carbons (Fsp3) is 0.476. The summed E-state index contributed by atoms with van der Waals surface area (Å²) in [5.74, 6) is 1.06. The molecule has 0 amide bonds. The van der Waals surface area contributed by atoms with E-state index in [1.54, 1.807) is 0 Å². The highest BCUT2D eigenvalue weighted by molar-refractivity contribution is 7.10. The minimum Gasteiger partial charge on any atom is -0.380 e. The molecule has 0 saturated carbocycles. The maximum atomic E-state index is 6.66. The number of hydrogen-bond donors (Lipinski definition) is 1. The van der Waals surface area contributed by atoms with Gasteiger partial charge in [-0.25, -0.2) is 9.97 Å². The zero-order chi connectivity index (χ0) is 19.8. The molecule has 0 bridgehead atoms. The smallest absolute Gasteiger partial charge is 0.228 e. The molecule has 4 heterocycles. The van der Waals surface area contributed by atoms with Gasteiger partial charge in [0.25, 0.3) is 0 Å². The topological polar surface area (TPSA) is 63.2 Å². The van der Waals surface area contributed by atoms with Crippen LogP contribution in [0.2, 0.25) is 5.02 Å². The fourth-order valence-electron chi connectivity index (χ4n) is 4.36. The number of aromatic nitrogens is 3. The standard InChI is InChI=1S/C21H24ClN5OS/c1-13-8-20(29-26-13)25-21-23-11-15-9-18(22)17(10-19(15)24-21)14-2-5-27(6-3-14)16-4-7-28-12-16/h8-11,14,16H,2-7,12H2,1H3,(H,23,24,25)/t16-/m1/s1. The van der Waals surface area contributed by atoms with Crippen molar-refractivity contribution in [1.29, 1.82) is 0 Å². The van der Waals surface area contributed by atoms with Crippen molar-refractivity contribution in [1.82, 2.24) is 19.2 Å². The van der Waals surface area contributed by atoms with Crippen LogP contribution in [0, 0.1) is 6.92 Å². The number of likely N-dealkylation sites (tertiary alicyclic amines) is 1. The molecule has 6 nitrogen and oxygen atoms in total. The normalized spacial score (nSPS) is 21.1. The molecule has 2 fully saturated rings. The van der Waals surface area contributed by atoms with Gasteiger partial charge in [0.05, 0.1) is 17.8 Å². The Morgan fingerprint density at radius 2 is 2.07 bits per heavy atom. The van der Waals surface area contributed by atoms with Crippen LogP contribution in [0.1, 0.15) is 36.4 Å². The highest BCUT2D eigenvalue weighted by Crippen LogP contribution is 2.36. The van der Waals surface area contributed by atoms with E-state index in [-0.39, 0.29) is 0 Å². The van der Waals surface area contributed by atoms with E-state index in [2.05, 4.69) is 25.6 Å². The third-order valence-electron chi connectivity index (χ3n) is 5.95. The minimum absolute atomic E-state index is 0.473. The van der Waals surface area contributed by atoms with Gasteiger partial charge in [0, 0.05) is 29.3 Å². The van der Waals surface area contributed by atoms with E-state index in [0.29, 0.717) is 17.9 Å². The summed E-state index contributed by atoms with van der Waals surface area (Å²) in [4.78, 5) is 11.7. The lowest BCUT2D eigenvalue weighted by molar-refractivity contribution is 0.122. The molecule has 0 aliphatic carbocycles. The van der Waals surface area contributed by atoms with Gasteiger partial charge in [-0.3, -0.25) is 4.90 Å². The Kier molecular flexibility index (Phi) is 5.39. The van der Waals surface area contributed by atoms with E-state index in [1.807, 2.05) is 25.3 Å². The number of halogens is 1. The first-order valence-corrected chi connectivity index (χ1v) is 11.3. The predicted octanol–water partition coefficient (Wildman–Crippen LogP) is 4.76. The van der Waals surface area contributed by atoms with Gasteiger partial charge in [-0.15, -0.1) is 0 Å². The maximum absolute atomic E-state index is 6.66. The maximum Gasteiger partial charge on any atom is 0.228 e. The molecule has 0 radical (unpaired) electrons. The van der Waals surface area contributed by atoms with E-state index in [0.717, 1.165) is 72.2 Å². The van der Waals surface area contributed by atoms with E-state index in [1.165, 1.54) is 17.1 Å². The Morgan fingerprint density at radius 1 is 1.21 bits per heavy atom. The molecule has 152 valence electrons. The Bertz CT molecular complexity index is 1010. The van der Waals surface area contributed by atoms with Gasteiger partial charge in [-0.1, -0.05) is 11.6 Å². The Morgan fingerprint density at radius 3 is 2.79 bits per heavy atom. The summed E-state index contributed by atoms with van der Waals surface area (Å²) in [5, 5.41) is 5.98. The second-order valence-corrected chi connectivity index (χ2v) is 9.12. The molecule has 2 saturated heterocycles. The molecule has 2 aromatic heterocycles. The van der Waals surface area contributed by atoms with Crippen LogP contribution in [0.25, 0.3) is 10.9 Å². The lowest BCUT2D eigenvalue weighted by atomic mass is 9.88. The van der Waals surface area contributed by atoms with Crippen LogP contribution in [0.4, 0.5) is 10.9 Å². The largest absolute Gasteiger partial charge is 0.380 e. The summed E-state index contributed by atoms with van der Waals surface area (Å²) in [5.41, 5.74) is 3.12. The van der Waals surface area contributed by atoms with Crippen molar-refractivity contribution in [2.75, 3.05) is 31.6 Å². The molecule has 3 aromatic rings. The highest BCUT2D eigenvalue weighted by Gasteiger charge is 2.29. The Labute approximate surface area is 179 Å². The number of piperidine rings is 1. The van der Waals surface area contributed by atoms with Gasteiger partial charge in [0.15, 0.2) is 0 Å². The number of aryl methyl sites for hydroxylation is 1. The molecule has 0 unspecified atom stereocenters. The quantitative estimate of drug-likeness (QED) is 0.645. The number of anilines is 2. The fourth-order valence-corrected chi connectivity index (χ4v) is 5.34. The molecule has 0 spiro atoms. The molecule has 5 rings (SSSR count). The predicted molar refractivity (Wildman–Crippen MR) is 117 cm³/mol. The molecule has 2 aliphatic rings. The van der Waals surface area contributed by atoms with E-state index < -0.39 is 0 Å². The van der Waals surface area contributed by atoms with E-state index >= 15 is 0 Å². The zero-order valence-electron chi connectivity index (χ0n) is 16.4. The summed E-state index contributed by atoms with van der Waals surface area (Å²) in [6, 6.07) is 6.75. The van der Waals surface area contributed by atoms with Gasteiger partial charge in [0.2, 0.25) is 5.95 Å². The van der Waals surface area contributed by atoms with Crippen molar-refractivity contribution in [2.45, 2.75) is 38.1 Å². The van der Waals surface area contributed by atoms with Crippen molar-refractivity contribution in [2.24, 2.45) is 0 Å². The van der Waals surface area contributed by atoms with Crippen LogP contribution < -0.4 is 5.32 Å². The van der Waals surface area contributed by atoms with Crippen molar-refractivity contribution in [3.63, 3.8) is 0 Å². The van der Waals surface area contributed by atoms with Gasteiger partial charge >= 0.3 is 0 Å². The van der Waals surface area contributed by atoms with Gasteiger partial charge in [-0.2, -0.15) is 4.37 Å². The molecule has 29 heavy (non-hydrogen) atoms. The molecule has 8 heteroatoms. The van der Waals surface area contributed by atoms with E-state index in [4.69, 9.17) is 21.3 Å². The SMILES string of the molecule is Cc1cc(Nc2ncc3cc(Cl)c(C4CCN([C@@H]5CCOC5)CC4)cc3n2)sn1. The summed E-state index contributed by atoms with van der Waals surface area (Å²) in [6.07, 6.45) is 5.24. The zero-order valence-corrected chi connectivity index (χ0v) is 18.0. The molecular weight excluding hydrogens is 406 g/mol. The van der Waals surface area contributed by atoms with Gasteiger partial charge in [-0.05, 0) is 80.5 Å². The van der Waals surface area contributed by atoms with Crippen molar-refractivity contribution < 1.29 is 4.74 Å². The summed E-state index contributed by atoms with van der Waals surface area (Å²) < 4.78 is 9.85. The van der Waals surface area contributed by atoms with Crippen LogP contribution in [0.3, 0.4) is 0 Å². The minimum atomic E-state index is 0.473. The lowest BCUT2D eigenvalue weighted by Crippen LogP contribution is -2.41. The molecule has 1 aromatic carbocycles. The highest BCUT2D eigenvalue weighted by atomic mass is 35.5. The summed E-state index contributed by atoms with van der Waals surface area (Å²) in [6.45, 7) is 5.97. The first-order valence-electron chi connectivity index (χ1n) is 10.1. The second kappa shape index (κ2) is 8.14. The number of benzene rings is 1. The third kappa shape index (κ3) is 4.10. The van der Waals surface area contributed by atoms with Gasteiger partial charge < -0.3 is 10.1 Å². The Hall–Kier alpha value is -1.80. The van der Waals surface area contributed by atoms with Crippen LogP contribution in [0.15, 0.2) is 24.4 Å². The van der Waals surface area contributed by atoms with Crippen LogP contribution in [-0.4, -0.2) is 51.6 Å². The van der Waals surface area contributed by atoms with E-state index in [9.17, 15) is 0 Å². The molecule has 1 N–H and O–H groups in total. The number of nitrogens with zero attached hydrogens (tertiary/aromatic N) is 4. The average Bonchev–Trinajstić information content (AvgIpc) is 3.40. The second-order valence-electron chi connectivity index (χ2n) is 7.91. The number of rotatable bonds is 4. The number of nitrogens with one attached hydrogen (secondary N) is 1. The summed E-state index contributed by atoms with van der Waals surface area (Å²) >= 11 is 8.07. The number of fused-ring (bicyclic) bond motifs is 1. The monoisotopic (exact) mass is 429 g/mol. The molecular formula is C21H24ClN5OS. The first kappa shape index (κ1) is 19.2. The molecule has 2 aliphatic heterocycles. The van der Waals surface area contributed by atoms with Crippen molar-refractivity contribution >= 4 is 45.0 Å². The van der Waals surface area contributed by atoms with Crippen molar-refractivity contribution in [3.8, 4) is 0 Å². The summed E-state index contributed by atoms with van der Waals surface area (Å²) in [7, 11) is 0. The first-order chi connectivity index (χ1) is 14.2.